The molecular weight excluding hydrogens is 474 g/mol. The summed E-state index contributed by atoms with van der Waals surface area (Å²) >= 11 is 0. The molecule has 2 aromatic heterocycles. The van der Waals surface area contributed by atoms with E-state index in [9.17, 15) is 15.4 Å². The number of hydrogen-bond acceptors (Lipinski definition) is 9. The van der Waals surface area contributed by atoms with Crippen molar-refractivity contribution in [2.45, 2.75) is 19.4 Å². The van der Waals surface area contributed by atoms with Crippen molar-refractivity contribution in [3.05, 3.63) is 58.4 Å². The number of nitro groups is 1. The molecule has 0 amide bonds. The number of hydrogen-bond donors (Lipinski definition) is 1. The van der Waals surface area contributed by atoms with E-state index >= 15 is 0 Å². The van der Waals surface area contributed by atoms with Gasteiger partial charge in [0.05, 0.1) is 47.2 Å². The second-order valence-electron chi connectivity index (χ2n) is 8.92. The number of anilines is 3. The maximum absolute atomic E-state index is 11.9. The summed E-state index contributed by atoms with van der Waals surface area (Å²) in [6.45, 7) is 2.78. The van der Waals surface area contributed by atoms with Crippen LogP contribution in [0.1, 0.15) is 18.4 Å². The van der Waals surface area contributed by atoms with E-state index in [2.05, 4.69) is 25.9 Å². The van der Waals surface area contributed by atoms with Crippen LogP contribution in [0.5, 0.6) is 11.5 Å². The first-order chi connectivity index (χ1) is 18.1. The third kappa shape index (κ3) is 3.83. The summed E-state index contributed by atoms with van der Waals surface area (Å²) in [6.07, 6.45) is 5.41. The lowest BCUT2D eigenvalue weighted by molar-refractivity contribution is -0.384. The predicted molar refractivity (Wildman–Crippen MR) is 138 cm³/mol. The number of aromatic nitrogens is 3. The Kier molecular flexibility index (Phi) is 5.49. The molecular formula is C26H23N7O4. The van der Waals surface area contributed by atoms with Crippen LogP contribution in [0.3, 0.4) is 0 Å². The van der Waals surface area contributed by atoms with Gasteiger partial charge in [0.2, 0.25) is 5.95 Å². The quantitative estimate of drug-likeness (QED) is 0.299. The normalized spacial score (nSPS) is 14.3. The summed E-state index contributed by atoms with van der Waals surface area (Å²) in [6, 6.07) is 11.1. The summed E-state index contributed by atoms with van der Waals surface area (Å²) in [5, 5.41) is 25.7. The molecule has 4 heterocycles. The van der Waals surface area contributed by atoms with Crippen molar-refractivity contribution in [2.24, 2.45) is 0 Å². The van der Waals surface area contributed by atoms with E-state index in [1.165, 1.54) is 19.4 Å². The summed E-state index contributed by atoms with van der Waals surface area (Å²) in [5.74, 6) is 1.42. The molecule has 0 unspecified atom stereocenters. The highest BCUT2D eigenvalue weighted by Crippen LogP contribution is 2.41. The van der Waals surface area contributed by atoms with Crippen LogP contribution in [0, 0.1) is 21.4 Å². The van der Waals surface area contributed by atoms with Crippen molar-refractivity contribution >= 4 is 33.9 Å². The molecule has 0 spiro atoms. The largest absolute Gasteiger partial charge is 0.494 e. The van der Waals surface area contributed by atoms with Gasteiger partial charge >= 0.3 is 0 Å². The minimum atomic E-state index is -0.390. The van der Waals surface area contributed by atoms with Crippen LogP contribution in [0.2, 0.25) is 0 Å². The Morgan fingerprint density at radius 1 is 1.24 bits per heavy atom. The van der Waals surface area contributed by atoms with Crippen molar-refractivity contribution in [1.82, 2.24) is 14.5 Å². The smallest absolute Gasteiger partial charge is 0.294 e. The Labute approximate surface area is 212 Å². The number of rotatable bonds is 6. The molecule has 2 aliphatic rings. The van der Waals surface area contributed by atoms with Gasteiger partial charge in [0.1, 0.15) is 29.9 Å². The van der Waals surface area contributed by atoms with Gasteiger partial charge in [0.25, 0.3) is 5.69 Å². The van der Waals surface area contributed by atoms with E-state index in [0.29, 0.717) is 41.5 Å². The van der Waals surface area contributed by atoms with Crippen molar-refractivity contribution in [3.63, 3.8) is 0 Å². The Morgan fingerprint density at radius 3 is 2.84 bits per heavy atom. The molecule has 1 saturated heterocycles. The third-order valence-electron chi connectivity index (χ3n) is 6.80. The van der Waals surface area contributed by atoms with Gasteiger partial charge in [-0.2, -0.15) is 5.26 Å². The van der Waals surface area contributed by atoms with E-state index in [1.54, 1.807) is 6.07 Å². The van der Waals surface area contributed by atoms with Crippen LogP contribution in [-0.2, 0) is 6.54 Å². The first-order valence-corrected chi connectivity index (χ1v) is 12.0. The van der Waals surface area contributed by atoms with Gasteiger partial charge in [-0.1, -0.05) is 12.1 Å². The SMILES string of the molecule is COc1cc(N2CCCC2)c([N+](=O)[O-])cc1Nc1ncc(C#N)c(-c2cn3c4c(cccc24)OCC3)n1. The Hall–Kier alpha value is -4.85. The van der Waals surface area contributed by atoms with Gasteiger partial charge in [0.15, 0.2) is 0 Å². The zero-order chi connectivity index (χ0) is 25.5. The summed E-state index contributed by atoms with van der Waals surface area (Å²) in [7, 11) is 1.52. The highest BCUT2D eigenvalue weighted by molar-refractivity contribution is 5.99. The predicted octanol–water partition coefficient (Wildman–Crippen LogP) is 4.62. The highest BCUT2D eigenvalue weighted by Gasteiger charge is 2.26. The molecule has 11 nitrogen and oxygen atoms in total. The van der Waals surface area contributed by atoms with E-state index in [1.807, 2.05) is 29.3 Å². The standard InChI is InChI=1S/C26H23N7O4/c1-36-23-12-20(31-7-2-3-8-31)21(33(34)35)11-19(23)29-26-28-14-16(13-27)24(30-26)18-15-32-9-10-37-22-6-4-5-17(18)25(22)32/h4-6,11-12,14-15H,2-3,7-10H2,1H3,(H,28,29,30). The summed E-state index contributed by atoms with van der Waals surface area (Å²) in [4.78, 5) is 22.5. The zero-order valence-electron chi connectivity index (χ0n) is 20.1. The van der Waals surface area contributed by atoms with Crippen LogP contribution < -0.4 is 19.7 Å². The van der Waals surface area contributed by atoms with Gasteiger partial charge in [0, 0.05) is 42.4 Å². The molecule has 11 heteroatoms. The Bertz CT molecular complexity index is 1580. The highest BCUT2D eigenvalue weighted by atomic mass is 16.6. The van der Waals surface area contributed by atoms with Crippen LogP contribution in [-0.4, -0.2) is 46.3 Å². The topological polar surface area (TPSA) is 131 Å². The number of nitrogens with one attached hydrogen (secondary N) is 1. The maximum Gasteiger partial charge on any atom is 0.294 e. The Morgan fingerprint density at radius 2 is 2.08 bits per heavy atom. The van der Waals surface area contributed by atoms with Crippen molar-refractivity contribution in [1.29, 1.82) is 5.26 Å². The maximum atomic E-state index is 11.9. The van der Waals surface area contributed by atoms with Gasteiger partial charge in [-0.15, -0.1) is 0 Å². The monoisotopic (exact) mass is 497 g/mol. The molecule has 2 aromatic carbocycles. The summed E-state index contributed by atoms with van der Waals surface area (Å²) < 4.78 is 13.5. The van der Waals surface area contributed by atoms with Crippen LogP contribution >= 0.6 is 0 Å². The molecule has 0 atom stereocenters. The van der Waals surface area contributed by atoms with Crippen molar-refractivity contribution in [2.75, 3.05) is 37.0 Å². The molecule has 0 bridgehead atoms. The molecule has 37 heavy (non-hydrogen) atoms. The average Bonchev–Trinajstić information content (AvgIpc) is 3.58. The Balaban J connectivity index is 1.43. The number of nitro benzene ring substituents is 1. The number of para-hydroxylation sites is 1. The van der Waals surface area contributed by atoms with Gasteiger partial charge in [-0.3, -0.25) is 10.1 Å². The molecule has 1 N–H and O–H groups in total. The zero-order valence-corrected chi connectivity index (χ0v) is 20.1. The fourth-order valence-electron chi connectivity index (χ4n) is 5.09. The summed E-state index contributed by atoms with van der Waals surface area (Å²) in [5.41, 5.74) is 3.39. The number of methoxy groups -OCH3 is 1. The average molecular weight is 498 g/mol. The molecule has 2 aliphatic heterocycles. The number of ether oxygens (including phenoxy) is 2. The second-order valence-corrected chi connectivity index (χ2v) is 8.92. The number of nitrogens with zero attached hydrogens (tertiary/aromatic N) is 6. The number of benzene rings is 2. The number of nitriles is 1. The van der Waals surface area contributed by atoms with Crippen LogP contribution in [0.15, 0.2) is 42.7 Å². The molecule has 0 saturated carbocycles. The van der Waals surface area contributed by atoms with E-state index in [4.69, 9.17) is 9.47 Å². The first kappa shape index (κ1) is 22.6. The van der Waals surface area contributed by atoms with Gasteiger partial charge in [-0.25, -0.2) is 9.97 Å². The molecule has 186 valence electrons. The van der Waals surface area contributed by atoms with E-state index < -0.39 is 0 Å². The lowest BCUT2D eigenvalue weighted by Gasteiger charge is -2.20. The van der Waals surface area contributed by atoms with Crippen LogP contribution in [0.25, 0.3) is 22.2 Å². The third-order valence-corrected chi connectivity index (χ3v) is 6.80. The molecule has 6 rings (SSSR count). The fraction of sp³-hybridized carbons (Fsp3) is 0.269. The molecule has 4 aromatic rings. The lowest BCUT2D eigenvalue weighted by Crippen LogP contribution is -2.19. The molecule has 0 aliphatic carbocycles. The van der Waals surface area contributed by atoms with E-state index in [-0.39, 0.29) is 16.6 Å². The van der Waals surface area contributed by atoms with Crippen molar-refractivity contribution in [3.8, 4) is 28.8 Å². The van der Waals surface area contributed by atoms with Gasteiger partial charge < -0.3 is 24.3 Å². The lowest BCUT2D eigenvalue weighted by atomic mass is 10.1. The van der Waals surface area contributed by atoms with Gasteiger partial charge in [-0.05, 0) is 18.9 Å². The minimum absolute atomic E-state index is 0.0203. The fourth-order valence-corrected chi connectivity index (χ4v) is 5.09. The molecule has 0 radical (unpaired) electrons. The van der Waals surface area contributed by atoms with Crippen LogP contribution in [0.4, 0.5) is 23.0 Å². The molecule has 1 fully saturated rings. The van der Waals surface area contributed by atoms with E-state index in [0.717, 1.165) is 48.1 Å². The van der Waals surface area contributed by atoms with Crippen molar-refractivity contribution < 1.29 is 14.4 Å². The minimum Gasteiger partial charge on any atom is -0.494 e. The first-order valence-electron chi connectivity index (χ1n) is 12.0. The second kappa shape index (κ2) is 8.98.